The first-order chi connectivity index (χ1) is 8.63. The van der Waals surface area contributed by atoms with Crippen LogP contribution in [-0.4, -0.2) is 45.0 Å². The summed E-state index contributed by atoms with van der Waals surface area (Å²) in [5.41, 5.74) is 0.196. The fraction of sp³-hybridized carbons (Fsp3) is 0.545. The molecule has 1 fully saturated rings. The highest BCUT2D eigenvalue weighted by Crippen LogP contribution is 2.20. The van der Waals surface area contributed by atoms with Gasteiger partial charge in [0, 0.05) is 12.6 Å². The molecule has 0 saturated carbocycles. The number of likely N-dealkylation sites (tertiary alicyclic amines) is 1. The van der Waals surface area contributed by atoms with Crippen molar-refractivity contribution in [3.8, 4) is 0 Å². The lowest BCUT2D eigenvalue weighted by Gasteiger charge is -2.33. The number of hydrogen-bond donors (Lipinski definition) is 2. The first-order valence-corrected chi connectivity index (χ1v) is 5.88. The van der Waals surface area contributed by atoms with E-state index < -0.39 is 4.92 Å². The Balaban J connectivity index is 2.15. The lowest BCUT2D eigenvalue weighted by molar-refractivity contribution is -0.389. The van der Waals surface area contributed by atoms with Crippen molar-refractivity contribution in [3.63, 3.8) is 0 Å². The number of piperidine rings is 1. The number of amides is 1. The molecule has 0 spiro atoms. The lowest BCUT2D eigenvalue weighted by Crippen LogP contribution is -2.45. The third-order valence-electron chi connectivity index (χ3n) is 3.20. The number of carbonyl (C=O) groups is 1. The van der Waals surface area contributed by atoms with Crippen molar-refractivity contribution in [1.29, 1.82) is 0 Å². The zero-order valence-electron chi connectivity index (χ0n) is 9.83. The molecule has 1 aromatic rings. The topological polar surface area (TPSA) is 99.5 Å². The Bertz CT molecular complexity index is 457. The summed E-state index contributed by atoms with van der Waals surface area (Å²) in [4.78, 5) is 26.2. The predicted molar refractivity (Wildman–Crippen MR) is 63.2 cm³/mol. The maximum Gasteiger partial charge on any atom is 0.321 e. The summed E-state index contributed by atoms with van der Waals surface area (Å²) in [6, 6.07) is 2.49. The third-order valence-corrected chi connectivity index (χ3v) is 3.20. The molecule has 18 heavy (non-hydrogen) atoms. The molecule has 7 heteroatoms. The number of nitrogens with zero attached hydrogens (tertiary/aromatic N) is 2. The zero-order chi connectivity index (χ0) is 13.1. The van der Waals surface area contributed by atoms with E-state index in [0.717, 1.165) is 19.3 Å². The molecule has 2 rings (SSSR count). The highest BCUT2D eigenvalue weighted by Gasteiger charge is 2.29. The molecule has 98 valence electrons. The molecule has 1 saturated heterocycles. The van der Waals surface area contributed by atoms with Crippen LogP contribution in [-0.2, 0) is 0 Å². The molecule has 0 aromatic carbocycles. The number of hydrogen-bond acceptors (Lipinski definition) is 4. The van der Waals surface area contributed by atoms with Crippen LogP contribution in [0.4, 0.5) is 5.82 Å². The number of carbonyl (C=O) groups excluding carboxylic acids is 1. The van der Waals surface area contributed by atoms with Crippen LogP contribution >= 0.6 is 0 Å². The highest BCUT2D eigenvalue weighted by atomic mass is 16.6. The average molecular weight is 253 g/mol. The lowest BCUT2D eigenvalue weighted by atomic mass is 10.0. The minimum atomic E-state index is -0.573. The summed E-state index contributed by atoms with van der Waals surface area (Å²) >= 11 is 0. The molecule has 1 amide bonds. The highest BCUT2D eigenvalue weighted by molar-refractivity contribution is 5.93. The number of nitrogens with one attached hydrogen (secondary N) is 1. The molecule has 2 N–H and O–H groups in total. The maximum atomic E-state index is 12.2. The van der Waals surface area contributed by atoms with E-state index in [2.05, 4.69) is 4.98 Å². The minimum absolute atomic E-state index is 0.0749. The van der Waals surface area contributed by atoms with E-state index in [1.807, 2.05) is 0 Å². The van der Waals surface area contributed by atoms with E-state index in [1.54, 1.807) is 4.90 Å². The van der Waals surface area contributed by atoms with Gasteiger partial charge < -0.3 is 20.1 Å². The van der Waals surface area contributed by atoms with Gasteiger partial charge in [0.2, 0.25) is 0 Å². The van der Waals surface area contributed by atoms with Crippen LogP contribution in [0.2, 0.25) is 0 Å². The molecule has 0 aliphatic carbocycles. The first-order valence-electron chi connectivity index (χ1n) is 5.88. The zero-order valence-corrected chi connectivity index (χ0v) is 9.83. The fourth-order valence-corrected chi connectivity index (χ4v) is 2.23. The van der Waals surface area contributed by atoms with E-state index >= 15 is 0 Å². The van der Waals surface area contributed by atoms with Gasteiger partial charge in [0.1, 0.15) is 0 Å². The number of aromatic amines is 1. The van der Waals surface area contributed by atoms with Gasteiger partial charge in [-0.15, -0.1) is 0 Å². The Labute approximate surface area is 104 Å². The van der Waals surface area contributed by atoms with Crippen molar-refractivity contribution < 1.29 is 14.8 Å². The van der Waals surface area contributed by atoms with Crippen molar-refractivity contribution in [3.05, 3.63) is 27.9 Å². The Morgan fingerprint density at radius 1 is 1.56 bits per heavy atom. The molecule has 1 atom stereocenters. The fourth-order valence-electron chi connectivity index (χ4n) is 2.23. The summed E-state index contributed by atoms with van der Waals surface area (Å²) in [7, 11) is 0. The number of aromatic nitrogens is 1. The van der Waals surface area contributed by atoms with Gasteiger partial charge >= 0.3 is 5.82 Å². The van der Waals surface area contributed by atoms with Crippen molar-refractivity contribution in [2.45, 2.75) is 25.3 Å². The van der Waals surface area contributed by atoms with Crippen LogP contribution in [0.25, 0.3) is 0 Å². The largest absolute Gasteiger partial charge is 0.394 e. The molecule has 0 bridgehead atoms. The Morgan fingerprint density at radius 3 is 2.94 bits per heavy atom. The molecule has 7 nitrogen and oxygen atoms in total. The van der Waals surface area contributed by atoms with Crippen LogP contribution < -0.4 is 0 Å². The van der Waals surface area contributed by atoms with Gasteiger partial charge in [0.05, 0.1) is 12.6 Å². The SMILES string of the molecule is O=C(c1ccc([N+](=O)[O-])[nH]1)N1CCCCC1CO. The molecular weight excluding hydrogens is 238 g/mol. The summed E-state index contributed by atoms with van der Waals surface area (Å²) in [6.45, 7) is 0.505. The van der Waals surface area contributed by atoms with Crippen LogP contribution in [0.15, 0.2) is 12.1 Å². The summed E-state index contributed by atoms with van der Waals surface area (Å²) in [5.74, 6) is -0.488. The second-order valence-corrected chi connectivity index (χ2v) is 4.35. The van der Waals surface area contributed by atoms with E-state index in [-0.39, 0.29) is 30.1 Å². The van der Waals surface area contributed by atoms with Crippen molar-refractivity contribution in [2.75, 3.05) is 13.2 Å². The summed E-state index contributed by atoms with van der Waals surface area (Å²) < 4.78 is 0. The van der Waals surface area contributed by atoms with E-state index in [0.29, 0.717) is 6.54 Å². The second kappa shape index (κ2) is 5.18. The monoisotopic (exact) mass is 253 g/mol. The normalized spacial score (nSPS) is 19.8. The second-order valence-electron chi connectivity index (χ2n) is 4.35. The molecule has 1 aliphatic rings. The maximum absolute atomic E-state index is 12.2. The number of aliphatic hydroxyl groups is 1. The van der Waals surface area contributed by atoms with Gasteiger partial charge in [0.15, 0.2) is 5.69 Å². The predicted octanol–water partition coefficient (Wildman–Crippen LogP) is 0.910. The van der Waals surface area contributed by atoms with Gasteiger partial charge in [-0.25, -0.2) is 4.98 Å². The molecule has 1 aromatic heterocycles. The van der Waals surface area contributed by atoms with Gasteiger partial charge in [-0.2, -0.15) is 0 Å². The quantitative estimate of drug-likeness (QED) is 0.617. The molecule has 0 radical (unpaired) electrons. The smallest absolute Gasteiger partial charge is 0.321 e. The van der Waals surface area contributed by atoms with Gasteiger partial charge in [-0.3, -0.25) is 4.79 Å². The van der Waals surface area contributed by atoms with E-state index in [9.17, 15) is 20.0 Å². The van der Waals surface area contributed by atoms with Gasteiger partial charge in [-0.1, -0.05) is 0 Å². The third kappa shape index (κ3) is 2.35. The Kier molecular flexibility index (Phi) is 3.61. The van der Waals surface area contributed by atoms with Crippen LogP contribution in [0.3, 0.4) is 0 Å². The first kappa shape index (κ1) is 12.6. The molecule has 1 aliphatic heterocycles. The van der Waals surface area contributed by atoms with Crippen LogP contribution in [0.5, 0.6) is 0 Å². The van der Waals surface area contributed by atoms with Crippen molar-refractivity contribution >= 4 is 11.7 Å². The number of nitro groups is 1. The summed E-state index contributed by atoms with van der Waals surface area (Å²) in [5, 5.41) is 19.8. The molecule has 1 unspecified atom stereocenters. The van der Waals surface area contributed by atoms with Gasteiger partial charge in [-0.05, 0) is 30.3 Å². The van der Waals surface area contributed by atoms with Crippen molar-refractivity contribution in [2.24, 2.45) is 0 Å². The minimum Gasteiger partial charge on any atom is -0.394 e. The van der Waals surface area contributed by atoms with E-state index in [4.69, 9.17) is 0 Å². The number of H-pyrrole nitrogens is 1. The number of aliphatic hydroxyl groups excluding tert-OH is 1. The average Bonchev–Trinajstić information content (AvgIpc) is 2.87. The number of rotatable bonds is 3. The Morgan fingerprint density at radius 2 is 2.33 bits per heavy atom. The van der Waals surface area contributed by atoms with Crippen LogP contribution in [0.1, 0.15) is 29.8 Å². The molecule has 2 heterocycles. The standard InChI is InChI=1S/C11H15N3O4/c15-7-8-3-1-2-6-13(8)11(16)9-4-5-10(12-9)14(17)18/h4-5,8,12,15H,1-3,6-7H2. The Hall–Kier alpha value is -1.89. The van der Waals surface area contributed by atoms with Gasteiger partial charge in [0.25, 0.3) is 5.91 Å². The van der Waals surface area contributed by atoms with E-state index in [1.165, 1.54) is 12.1 Å². The van der Waals surface area contributed by atoms with Crippen LogP contribution in [0, 0.1) is 10.1 Å². The van der Waals surface area contributed by atoms with Crippen molar-refractivity contribution in [1.82, 2.24) is 9.88 Å². The molecular formula is C11H15N3O4. The summed E-state index contributed by atoms with van der Waals surface area (Å²) in [6.07, 6.45) is 2.65.